The lowest BCUT2D eigenvalue weighted by Gasteiger charge is -2.30. The van der Waals surface area contributed by atoms with Gasteiger partial charge in [-0.15, -0.1) is 4.40 Å². The molecule has 2 aromatic carbocycles. The second-order valence-electron chi connectivity index (χ2n) is 7.03. The van der Waals surface area contributed by atoms with Crippen LogP contribution in [0.4, 0.5) is 14.5 Å². The van der Waals surface area contributed by atoms with Gasteiger partial charge in [0.15, 0.2) is 11.6 Å². The van der Waals surface area contributed by atoms with Crippen molar-refractivity contribution in [3.05, 3.63) is 58.1 Å². The van der Waals surface area contributed by atoms with Crippen molar-refractivity contribution in [1.29, 1.82) is 0 Å². The van der Waals surface area contributed by atoms with Crippen LogP contribution in [0, 0.1) is 11.6 Å². The Morgan fingerprint density at radius 3 is 2.80 bits per heavy atom. The van der Waals surface area contributed by atoms with Crippen LogP contribution in [-0.2, 0) is 21.4 Å². The number of fused-ring (bicyclic) bond motifs is 3. The van der Waals surface area contributed by atoms with Gasteiger partial charge in [-0.1, -0.05) is 30.2 Å². The molecule has 0 N–H and O–H groups in total. The molecule has 0 spiro atoms. The smallest absolute Gasteiger partial charge is 0.340 e. The lowest BCUT2D eigenvalue weighted by atomic mass is 10.1. The van der Waals surface area contributed by atoms with Crippen molar-refractivity contribution >= 4 is 39.1 Å². The summed E-state index contributed by atoms with van der Waals surface area (Å²) in [5.41, 5.74) is 0.0350. The molecule has 1 fully saturated rings. The number of halogens is 3. The maximum atomic E-state index is 13.8. The highest BCUT2D eigenvalue weighted by Gasteiger charge is 2.33. The molecule has 0 unspecified atom stereocenters. The van der Waals surface area contributed by atoms with Gasteiger partial charge in [-0.3, -0.25) is 0 Å². The van der Waals surface area contributed by atoms with Gasteiger partial charge < -0.3 is 9.64 Å². The van der Waals surface area contributed by atoms with Crippen LogP contribution in [-0.4, -0.2) is 26.8 Å². The van der Waals surface area contributed by atoms with Crippen molar-refractivity contribution in [2.75, 3.05) is 11.4 Å². The molecule has 1 saturated heterocycles. The van der Waals surface area contributed by atoms with Gasteiger partial charge in [0.2, 0.25) is 0 Å². The first-order chi connectivity index (χ1) is 14.3. The minimum atomic E-state index is -4.01. The van der Waals surface area contributed by atoms with E-state index in [0.29, 0.717) is 24.5 Å². The lowest BCUT2D eigenvalue weighted by molar-refractivity contribution is 0.0468. The van der Waals surface area contributed by atoms with E-state index in [1.807, 2.05) is 4.90 Å². The van der Waals surface area contributed by atoms with Gasteiger partial charge in [0.05, 0.1) is 16.3 Å². The van der Waals surface area contributed by atoms with E-state index in [9.17, 15) is 22.0 Å². The van der Waals surface area contributed by atoms with Crippen molar-refractivity contribution in [2.24, 2.45) is 4.40 Å². The molecule has 2 aliphatic rings. The number of esters is 1. The average molecular weight is 455 g/mol. The second kappa shape index (κ2) is 7.96. The third-order valence-corrected chi connectivity index (χ3v) is 6.69. The highest BCUT2D eigenvalue weighted by atomic mass is 35.5. The Hall–Kier alpha value is -2.52. The Balaban J connectivity index is 1.66. The molecule has 4 rings (SSSR count). The van der Waals surface area contributed by atoms with E-state index in [0.717, 1.165) is 31.4 Å². The summed E-state index contributed by atoms with van der Waals surface area (Å²) in [6.45, 7) is 0.0668. The Morgan fingerprint density at radius 1 is 1.20 bits per heavy atom. The Labute approximate surface area is 177 Å². The highest BCUT2D eigenvalue weighted by Crippen LogP contribution is 2.38. The summed E-state index contributed by atoms with van der Waals surface area (Å²) in [6, 6.07) is 6.05. The first-order valence-electron chi connectivity index (χ1n) is 9.33. The zero-order chi connectivity index (χ0) is 21.5. The summed E-state index contributed by atoms with van der Waals surface area (Å²) >= 11 is 6.26. The van der Waals surface area contributed by atoms with Gasteiger partial charge in [-0.25, -0.2) is 13.6 Å². The molecule has 0 atom stereocenters. The lowest BCUT2D eigenvalue weighted by Crippen LogP contribution is -2.35. The number of benzene rings is 2. The summed E-state index contributed by atoms with van der Waals surface area (Å²) in [6.07, 6.45) is 3.22. The SMILES string of the molecule is O=C(OCc1cccc(F)c1F)c1cc2c(cc1Cl)N1CCCCCC1=NS2(=O)=O. The van der Waals surface area contributed by atoms with Crippen LogP contribution >= 0.6 is 11.6 Å². The number of rotatable bonds is 3. The number of ether oxygens (including phenoxy) is 1. The third kappa shape index (κ3) is 3.79. The van der Waals surface area contributed by atoms with E-state index in [4.69, 9.17) is 16.3 Å². The molecule has 0 bridgehead atoms. The first kappa shape index (κ1) is 20.7. The molecule has 0 aliphatic carbocycles. The van der Waals surface area contributed by atoms with E-state index in [1.165, 1.54) is 18.2 Å². The fraction of sp³-hybridized carbons (Fsp3) is 0.300. The molecule has 0 amide bonds. The number of hydrogen-bond acceptors (Lipinski definition) is 5. The normalized spacial score (nSPS) is 17.4. The maximum Gasteiger partial charge on any atom is 0.340 e. The predicted molar refractivity (Wildman–Crippen MR) is 107 cm³/mol. The van der Waals surface area contributed by atoms with E-state index in [-0.39, 0.29) is 21.0 Å². The number of anilines is 1. The summed E-state index contributed by atoms with van der Waals surface area (Å²) < 4.78 is 61.4. The average Bonchev–Trinajstić information content (AvgIpc) is 2.93. The van der Waals surface area contributed by atoms with E-state index in [2.05, 4.69) is 4.40 Å². The van der Waals surface area contributed by atoms with Crippen molar-refractivity contribution in [3.8, 4) is 0 Å². The largest absolute Gasteiger partial charge is 0.457 e. The van der Waals surface area contributed by atoms with Crippen LogP contribution in [0.1, 0.15) is 41.6 Å². The van der Waals surface area contributed by atoms with Crippen LogP contribution < -0.4 is 4.90 Å². The summed E-state index contributed by atoms with van der Waals surface area (Å²) in [4.78, 5) is 14.2. The number of hydrogen-bond donors (Lipinski definition) is 0. The number of nitrogens with zero attached hydrogens (tertiary/aromatic N) is 2. The Kier molecular flexibility index (Phi) is 5.50. The number of sulfonamides is 1. The second-order valence-corrected chi connectivity index (χ2v) is 9.01. The van der Waals surface area contributed by atoms with Gasteiger partial charge in [-0.05, 0) is 31.0 Å². The molecular weight excluding hydrogens is 438 g/mol. The first-order valence-corrected chi connectivity index (χ1v) is 11.1. The molecule has 158 valence electrons. The van der Waals surface area contributed by atoms with Gasteiger partial charge in [0.1, 0.15) is 17.3 Å². The molecule has 0 saturated carbocycles. The van der Waals surface area contributed by atoms with Crippen LogP contribution in [0.15, 0.2) is 39.6 Å². The minimum Gasteiger partial charge on any atom is -0.457 e. The Morgan fingerprint density at radius 2 is 2.00 bits per heavy atom. The van der Waals surface area contributed by atoms with Crippen LogP contribution in [0.25, 0.3) is 0 Å². The minimum absolute atomic E-state index is 0.000777. The zero-order valence-electron chi connectivity index (χ0n) is 15.7. The molecule has 2 aromatic rings. The molecular formula is C20H17ClF2N2O4S. The zero-order valence-corrected chi connectivity index (χ0v) is 17.3. The molecule has 10 heteroatoms. The van der Waals surface area contributed by atoms with Crippen molar-refractivity contribution in [3.63, 3.8) is 0 Å². The van der Waals surface area contributed by atoms with Crippen molar-refractivity contribution in [1.82, 2.24) is 0 Å². The predicted octanol–water partition coefficient (Wildman–Crippen LogP) is 4.46. The van der Waals surface area contributed by atoms with Crippen molar-refractivity contribution in [2.45, 2.75) is 37.2 Å². The molecule has 6 nitrogen and oxygen atoms in total. The van der Waals surface area contributed by atoms with Gasteiger partial charge in [0, 0.05) is 18.5 Å². The topological polar surface area (TPSA) is 76.0 Å². The quantitative estimate of drug-likeness (QED) is 0.640. The molecule has 0 radical (unpaired) electrons. The van der Waals surface area contributed by atoms with E-state index in [1.54, 1.807) is 0 Å². The van der Waals surface area contributed by atoms with Crippen LogP contribution in [0.2, 0.25) is 5.02 Å². The van der Waals surface area contributed by atoms with Crippen LogP contribution in [0.5, 0.6) is 0 Å². The summed E-state index contributed by atoms with van der Waals surface area (Å²) in [7, 11) is -4.01. The summed E-state index contributed by atoms with van der Waals surface area (Å²) in [5.74, 6) is -2.67. The maximum absolute atomic E-state index is 13.8. The number of carbonyl (C=O) groups is 1. The third-order valence-electron chi connectivity index (χ3n) is 5.05. The highest BCUT2D eigenvalue weighted by molar-refractivity contribution is 7.90. The van der Waals surface area contributed by atoms with Gasteiger partial charge >= 0.3 is 5.97 Å². The van der Waals surface area contributed by atoms with E-state index >= 15 is 0 Å². The number of amidine groups is 1. The van der Waals surface area contributed by atoms with E-state index < -0.39 is 34.2 Å². The van der Waals surface area contributed by atoms with Gasteiger partial charge in [0.25, 0.3) is 10.0 Å². The number of carbonyl (C=O) groups excluding carboxylic acids is 1. The van der Waals surface area contributed by atoms with Crippen LogP contribution in [0.3, 0.4) is 0 Å². The molecule has 2 aliphatic heterocycles. The summed E-state index contributed by atoms with van der Waals surface area (Å²) in [5, 5.41) is -0.000777. The monoisotopic (exact) mass is 454 g/mol. The fourth-order valence-corrected chi connectivity index (χ4v) is 5.03. The molecule has 30 heavy (non-hydrogen) atoms. The van der Waals surface area contributed by atoms with Crippen molar-refractivity contribution < 1.29 is 26.7 Å². The fourth-order valence-electron chi connectivity index (χ4n) is 3.53. The standard InChI is InChI=1S/C20H17ClF2N2O4S/c21-14-10-16-17(30(27,28)24-18-7-2-1-3-8-25(16)18)9-13(14)20(26)29-11-12-5-4-6-15(22)19(12)23/h4-6,9-10H,1-3,7-8,11H2. The molecule has 2 heterocycles. The molecule has 0 aromatic heterocycles. The Bertz CT molecular complexity index is 1170. The van der Waals surface area contributed by atoms with Gasteiger partial charge in [-0.2, -0.15) is 8.42 Å².